The van der Waals surface area contributed by atoms with E-state index in [4.69, 9.17) is 8.83 Å². The van der Waals surface area contributed by atoms with Crippen LogP contribution < -0.4 is 0 Å². The first-order valence-electron chi connectivity index (χ1n) is 7.47. The minimum Gasteiger partial charge on any atom is -0.459 e. The molecule has 0 bridgehead atoms. The SMILES string of the molecule is CCCN(Cc1ccccc1)Cc1nnc(-c2ccco2)o1. The summed E-state index contributed by atoms with van der Waals surface area (Å²) in [6.45, 7) is 4.65. The molecule has 114 valence electrons. The van der Waals surface area contributed by atoms with E-state index in [0.717, 1.165) is 19.5 Å². The van der Waals surface area contributed by atoms with Crippen LogP contribution in [0, 0.1) is 0 Å². The van der Waals surface area contributed by atoms with Crippen molar-refractivity contribution in [1.29, 1.82) is 0 Å². The first-order chi connectivity index (χ1) is 10.8. The first kappa shape index (κ1) is 14.5. The molecular weight excluding hydrogens is 278 g/mol. The molecule has 0 amide bonds. The summed E-state index contributed by atoms with van der Waals surface area (Å²) >= 11 is 0. The molecule has 0 aliphatic rings. The van der Waals surface area contributed by atoms with Gasteiger partial charge in [-0.3, -0.25) is 4.90 Å². The predicted octanol–water partition coefficient (Wildman–Crippen LogP) is 3.74. The molecule has 0 spiro atoms. The number of hydrogen-bond acceptors (Lipinski definition) is 5. The lowest BCUT2D eigenvalue weighted by atomic mass is 10.2. The van der Waals surface area contributed by atoms with E-state index in [1.807, 2.05) is 12.1 Å². The van der Waals surface area contributed by atoms with E-state index in [-0.39, 0.29) is 0 Å². The van der Waals surface area contributed by atoms with Crippen molar-refractivity contribution in [3.05, 3.63) is 60.2 Å². The molecule has 3 rings (SSSR count). The lowest BCUT2D eigenvalue weighted by Gasteiger charge is -2.19. The summed E-state index contributed by atoms with van der Waals surface area (Å²) < 4.78 is 11.0. The molecule has 5 nitrogen and oxygen atoms in total. The highest BCUT2D eigenvalue weighted by atomic mass is 16.4. The van der Waals surface area contributed by atoms with Gasteiger partial charge in [0, 0.05) is 6.54 Å². The maximum Gasteiger partial charge on any atom is 0.283 e. The maximum absolute atomic E-state index is 5.68. The van der Waals surface area contributed by atoms with Crippen molar-refractivity contribution in [2.75, 3.05) is 6.54 Å². The molecule has 22 heavy (non-hydrogen) atoms. The number of hydrogen-bond donors (Lipinski definition) is 0. The zero-order chi connectivity index (χ0) is 15.2. The van der Waals surface area contributed by atoms with Crippen LogP contribution >= 0.6 is 0 Å². The van der Waals surface area contributed by atoms with Crippen molar-refractivity contribution in [1.82, 2.24) is 15.1 Å². The second-order valence-electron chi connectivity index (χ2n) is 5.17. The van der Waals surface area contributed by atoms with E-state index >= 15 is 0 Å². The van der Waals surface area contributed by atoms with Gasteiger partial charge in [-0.05, 0) is 30.7 Å². The molecule has 0 saturated carbocycles. The van der Waals surface area contributed by atoms with Gasteiger partial charge in [0.1, 0.15) is 0 Å². The number of nitrogens with zero attached hydrogens (tertiary/aromatic N) is 3. The van der Waals surface area contributed by atoms with Crippen LogP contribution in [0.5, 0.6) is 0 Å². The van der Waals surface area contributed by atoms with E-state index in [2.05, 4.69) is 46.3 Å². The van der Waals surface area contributed by atoms with Crippen LogP contribution in [-0.4, -0.2) is 21.6 Å². The van der Waals surface area contributed by atoms with Gasteiger partial charge in [-0.1, -0.05) is 37.3 Å². The largest absolute Gasteiger partial charge is 0.459 e. The van der Waals surface area contributed by atoms with Crippen molar-refractivity contribution in [2.24, 2.45) is 0 Å². The van der Waals surface area contributed by atoms with E-state index in [1.54, 1.807) is 12.3 Å². The van der Waals surface area contributed by atoms with Crippen LogP contribution in [0.4, 0.5) is 0 Å². The Morgan fingerprint density at radius 3 is 2.59 bits per heavy atom. The Bertz CT molecular complexity index is 677. The average Bonchev–Trinajstić information content (AvgIpc) is 3.19. The lowest BCUT2D eigenvalue weighted by Crippen LogP contribution is -2.23. The average molecular weight is 297 g/mol. The normalized spacial score (nSPS) is 11.2. The molecule has 0 atom stereocenters. The summed E-state index contributed by atoms with van der Waals surface area (Å²) in [4.78, 5) is 2.30. The van der Waals surface area contributed by atoms with Crippen molar-refractivity contribution in [3.8, 4) is 11.7 Å². The monoisotopic (exact) mass is 297 g/mol. The minimum absolute atomic E-state index is 0.427. The van der Waals surface area contributed by atoms with Gasteiger partial charge in [-0.25, -0.2) is 0 Å². The van der Waals surface area contributed by atoms with Crippen LogP contribution in [0.2, 0.25) is 0 Å². The van der Waals surface area contributed by atoms with Crippen LogP contribution in [0.15, 0.2) is 57.6 Å². The third-order valence-corrected chi connectivity index (χ3v) is 3.35. The zero-order valence-corrected chi connectivity index (χ0v) is 12.6. The van der Waals surface area contributed by atoms with Gasteiger partial charge < -0.3 is 8.83 Å². The fraction of sp³-hybridized carbons (Fsp3) is 0.294. The van der Waals surface area contributed by atoms with Crippen LogP contribution in [-0.2, 0) is 13.1 Å². The van der Waals surface area contributed by atoms with Gasteiger partial charge in [0.15, 0.2) is 5.76 Å². The molecule has 2 heterocycles. The van der Waals surface area contributed by atoms with E-state index in [0.29, 0.717) is 24.1 Å². The number of aromatic nitrogens is 2. The third-order valence-electron chi connectivity index (χ3n) is 3.35. The number of furan rings is 1. The molecule has 0 aliphatic heterocycles. The van der Waals surface area contributed by atoms with Gasteiger partial charge in [-0.2, -0.15) is 0 Å². The Morgan fingerprint density at radius 1 is 1.00 bits per heavy atom. The standard InChI is InChI=1S/C17H19N3O2/c1-2-10-20(12-14-7-4-3-5-8-14)13-16-18-19-17(22-16)15-9-6-11-21-15/h3-9,11H,2,10,12-13H2,1H3. The Labute approximate surface area is 129 Å². The van der Waals surface area contributed by atoms with E-state index < -0.39 is 0 Å². The van der Waals surface area contributed by atoms with Gasteiger partial charge >= 0.3 is 0 Å². The Balaban J connectivity index is 1.68. The second kappa shape index (κ2) is 7.04. The summed E-state index contributed by atoms with van der Waals surface area (Å²) in [6, 6.07) is 14.0. The number of benzene rings is 1. The molecule has 0 unspecified atom stereocenters. The molecule has 1 aromatic carbocycles. The second-order valence-corrected chi connectivity index (χ2v) is 5.17. The zero-order valence-electron chi connectivity index (χ0n) is 12.6. The maximum atomic E-state index is 5.68. The van der Waals surface area contributed by atoms with Crippen molar-refractivity contribution in [2.45, 2.75) is 26.4 Å². The Morgan fingerprint density at radius 2 is 1.86 bits per heavy atom. The third kappa shape index (κ3) is 3.62. The molecule has 0 radical (unpaired) electrons. The van der Waals surface area contributed by atoms with Crippen molar-refractivity contribution < 1.29 is 8.83 Å². The fourth-order valence-corrected chi connectivity index (χ4v) is 2.38. The van der Waals surface area contributed by atoms with E-state index in [9.17, 15) is 0 Å². The minimum atomic E-state index is 0.427. The molecule has 0 fully saturated rings. The summed E-state index contributed by atoms with van der Waals surface area (Å²) in [5, 5.41) is 8.16. The number of rotatable bonds is 7. The van der Waals surface area contributed by atoms with Crippen molar-refractivity contribution in [3.63, 3.8) is 0 Å². The summed E-state index contributed by atoms with van der Waals surface area (Å²) in [5.41, 5.74) is 1.28. The molecular formula is C17H19N3O2. The smallest absolute Gasteiger partial charge is 0.283 e. The first-order valence-corrected chi connectivity index (χ1v) is 7.47. The molecule has 0 aliphatic carbocycles. The van der Waals surface area contributed by atoms with Gasteiger partial charge in [0.05, 0.1) is 12.8 Å². The Kier molecular flexibility index (Phi) is 4.65. The molecule has 5 heteroatoms. The summed E-state index contributed by atoms with van der Waals surface area (Å²) in [5.74, 6) is 1.63. The highest BCUT2D eigenvalue weighted by molar-refractivity contribution is 5.42. The van der Waals surface area contributed by atoms with Gasteiger partial charge in [0.2, 0.25) is 5.89 Å². The quantitative estimate of drug-likeness (QED) is 0.665. The van der Waals surface area contributed by atoms with Crippen molar-refractivity contribution >= 4 is 0 Å². The fourth-order valence-electron chi connectivity index (χ4n) is 2.38. The van der Waals surface area contributed by atoms with Crippen LogP contribution in [0.1, 0.15) is 24.8 Å². The predicted molar refractivity (Wildman–Crippen MR) is 82.8 cm³/mol. The lowest BCUT2D eigenvalue weighted by molar-refractivity contribution is 0.231. The summed E-state index contributed by atoms with van der Waals surface area (Å²) in [6.07, 6.45) is 2.67. The van der Waals surface area contributed by atoms with Crippen LogP contribution in [0.3, 0.4) is 0 Å². The topological polar surface area (TPSA) is 55.3 Å². The highest BCUT2D eigenvalue weighted by Crippen LogP contribution is 2.19. The van der Waals surface area contributed by atoms with E-state index in [1.165, 1.54) is 5.56 Å². The molecule has 0 saturated heterocycles. The van der Waals surface area contributed by atoms with Gasteiger partial charge in [-0.15, -0.1) is 10.2 Å². The molecule has 0 N–H and O–H groups in total. The van der Waals surface area contributed by atoms with Crippen LogP contribution in [0.25, 0.3) is 11.7 Å². The van der Waals surface area contributed by atoms with Gasteiger partial charge in [0.25, 0.3) is 5.89 Å². The summed E-state index contributed by atoms with van der Waals surface area (Å²) in [7, 11) is 0. The highest BCUT2D eigenvalue weighted by Gasteiger charge is 2.14. The Hall–Kier alpha value is -2.40. The molecule has 3 aromatic rings. The molecule has 2 aromatic heterocycles.